The highest BCUT2D eigenvalue weighted by Crippen LogP contribution is 2.33. The maximum Gasteiger partial charge on any atom is 0.338 e. The average Bonchev–Trinajstić information content (AvgIpc) is 3.42. The Kier molecular flexibility index (Phi) is 5.63. The molecule has 0 saturated carbocycles. The molecule has 2 heterocycles. The molecule has 1 atom stereocenters. The van der Waals surface area contributed by atoms with Crippen LogP contribution < -0.4 is 0 Å². The number of hydrogen-bond acceptors (Lipinski definition) is 5. The minimum atomic E-state index is -0.793. The molecule has 3 aromatic rings. The number of benzene rings is 2. The zero-order valence-electron chi connectivity index (χ0n) is 15.6. The summed E-state index contributed by atoms with van der Waals surface area (Å²) in [7, 11) is 0. The van der Waals surface area contributed by atoms with Crippen molar-refractivity contribution in [2.75, 3.05) is 6.61 Å². The molecule has 1 unspecified atom stereocenters. The monoisotopic (exact) mass is 426 g/mol. The summed E-state index contributed by atoms with van der Waals surface area (Å²) in [6, 6.07) is 15.2. The quantitative estimate of drug-likeness (QED) is 0.559. The number of halogens is 2. The van der Waals surface area contributed by atoms with E-state index in [1.54, 1.807) is 24.3 Å². The largest absolute Gasteiger partial charge is 0.467 e. The Morgan fingerprint density at radius 1 is 1.17 bits per heavy atom. The van der Waals surface area contributed by atoms with Gasteiger partial charge in [0.1, 0.15) is 17.6 Å². The Morgan fingerprint density at radius 3 is 2.67 bits per heavy atom. The van der Waals surface area contributed by atoms with Crippen LogP contribution in [0.1, 0.15) is 34.1 Å². The van der Waals surface area contributed by atoms with Crippen molar-refractivity contribution in [3.63, 3.8) is 0 Å². The van der Waals surface area contributed by atoms with Gasteiger partial charge < -0.3 is 9.15 Å². The highest BCUT2D eigenvalue weighted by atomic mass is 35.5. The molecular weight excluding hydrogens is 411 g/mol. The van der Waals surface area contributed by atoms with Crippen molar-refractivity contribution in [1.82, 2.24) is 5.01 Å². The zero-order chi connectivity index (χ0) is 21.1. The van der Waals surface area contributed by atoms with E-state index in [2.05, 4.69) is 5.10 Å². The molecule has 6 nitrogen and oxygen atoms in total. The van der Waals surface area contributed by atoms with Crippen molar-refractivity contribution >= 4 is 29.2 Å². The van der Waals surface area contributed by atoms with Gasteiger partial charge in [0.2, 0.25) is 0 Å². The van der Waals surface area contributed by atoms with E-state index in [-0.39, 0.29) is 5.56 Å². The standard InChI is InChI=1S/C22H16ClFN2O4/c23-16-8-6-14(7-9-16)18-12-19(20-5-2-10-29-20)26(25-18)21(27)13-30-22(28)15-3-1-4-17(24)11-15/h1-11,19H,12-13H2. The fourth-order valence-electron chi connectivity index (χ4n) is 3.15. The fraction of sp³-hybridized carbons (Fsp3) is 0.136. The van der Waals surface area contributed by atoms with Crippen molar-refractivity contribution in [2.45, 2.75) is 12.5 Å². The zero-order valence-corrected chi connectivity index (χ0v) is 16.4. The molecule has 0 radical (unpaired) electrons. The van der Waals surface area contributed by atoms with Gasteiger partial charge in [-0.2, -0.15) is 5.10 Å². The number of hydrogen-bond donors (Lipinski definition) is 0. The molecular formula is C22H16ClFN2O4. The molecule has 0 spiro atoms. The van der Waals surface area contributed by atoms with Crippen LogP contribution in [0.25, 0.3) is 0 Å². The molecule has 30 heavy (non-hydrogen) atoms. The van der Waals surface area contributed by atoms with E-state index in [1.165, 1.54) is 29.5 Å². The summed E-state index contributed by atoms with van der Waals surface area (Å²) in [5.74, 6) is -1.32. The van der Waals surface area contributed by atoms with E-state index < -0.39 is 30.3 Å². The Morgan fingerprint density at radius 2 is 1.97 bits per heavy atom. The Hall–Kier alpha value is -3.45. The number of carbonyl (C=O) groups excluding carboxylic acids is 2. The van der Waals surface area contributed by atoms with Gasteiger partial charge in [-0.05, 0) is 48.0 Å². The second-order valence-corrected chi connectivity index (χ2v) is 7.05. The van der Waals surface area contributed by atoms with E-state index in [0.29, 0.717) is 22.9 Å². The van der Waals surface area contributed by atoms with Crippen LogP contribution in [0.3, 0.4) is 0 Å². The molecule has 0 N–H and O–H groups in total. The first kappa shape index (κ1) is 19.8. The summed E-state index contributed by atoms with van der Waals surface area (Å²) >= 11 is 5.95. The lowest BCUT2D eigenvalue weighted by atomic mass is 10.0. The first-order valence-corrected chi connectivity index (χ1v) is 9.50. The van der Waals surface area contributed by atoms with Gasteiger partial charge >= 0.3 is 5.97 Å². The molecule has 1 amide bonds. The van der Waals surface area contributed by atoms with Gasteiger partial charge in [-0.15, -0.1) is 0 Å². The number of hydrazone groups is 1. The van der Waals surface area contributed by atoms with Gasteiger partial charge in [0.15, 0.2) is 6.61 Å². The first-order chi connectivity index (χ1) is 14.5. The highest BCUT2D eigenvalue weighted by Gasteiger charge is 2.35. The minimum Gasteiger partial charge on any atom is -0.467 e. The number of amides is 1. The molecule has 152 valence electrons. The van der Waals surface area contributed by atoms with Crippen molar-refractivity contribution < 1.29 is 23.1 Å². The number of ether oxygens (including phenoxy) is 1. The van der Waals surface area contributed by atoms with E-state index in [0.717, 1.165) is 11.6 Å². The Labute approximate surface area is 176 Å². The average molecular weight is 427 g/mol. The van der Waals surface area contributed by atoms with E-state index in [4.69, 9.17) is 20.8 Å². The second-order valence-electron chi connectivity index (χ2n) is 6.61. The molecule has 0 saturated heterocycles. The predicted octanol–water partition coefficient (Wildman–Crippen LogP) is 4.61. The fourth-order valence-corrected chi connectivity index (χ4v) is 3.28. The summed E-state index contributed by atoms with van der Waals surface area (Å²) in [6.07, 6.45) is 1.95. The summed E-state index contributed by atoms with van der Waals surface area (Å²) in [6.45, 7) is -0.538. The Balaban J connectivity index is 1.51. The third-order valence-electron chi connectivity index (χ3n) is 4.60. The highest BCUT2D eigenvalue weighted by molar-refractivity contribution is 6.30. The third-order valence-corrected chi connectivity index (χ3v) is 4.85. The molecule has 1 aliphatic rings. The summed E-state index contributed by atoms with van der Waals surface area (Å²) in [5.41, 5.74) is 1.53. The van der Waals surface area contributed by atoms with Gasteiger partial charge in [-0.1, -0.05) is 29.8 Å². The van der Waals surface area contributed by atoms with Crippen molar-refractivity contribution in [1.29, 1.82) is 0 Å². The van der Waals surface area contributed by atoms with Crippen LogP contribution >= 0.6 is 11.6 Å². The van der Waals surface area contributed by atoms with Crippen LogP contribution in [0.15, 0.2) is 76.4 Å². The first-order valence-electron chi connectivity index (χ1n) is 9.13. The molecule has 8 heteroatoms. The lowest BCUT2D eigenvalue weighted by molar-refractivity contribution is -0.136. The topological polar surface area (TPSA) is 72.1 Å². The van der Waals surface area contributed by atoms with Crippen LogP contribution in [-0.4, -0.2) is 29.2 Å². The summed E-state index contributed by atoms with van der Waals surface area (Å²) in [5, 5.41) is 6.28. The normalized spacial score (nSPS) is 15.7. The van der Waals surface area contributed by atoms with Crippen molar-refractivity contribution in [3.05, 3.63) is 94.7 Å². The van der Waals surface area contributed by atoms with Crippen LogP contribution in [0.5, 0.6) is 0 Å². The molecule has 1 aliphatic heterocycles. The molecule has 1 aromatic heterocycles. The predicted molar refractivity (Wildman–Crippen MR) is 108 cm³/mol. The van der Waals surface area contributed by atoms with Crippen LogP contribution in [0, 0.1) is 5.82 Å². The van der Waals surface area contributed by atoms with Gasteiger partial charge in [0, 0.05) is 11.4 Å². The van der Waals surface area contributed by atoms with Gasteiger partial charge in [0.05, 0.1) is 17.5 Å². The smallest absolute Gasteiger partial charge is 0.338 e. The molecule has 0 fully saturated rings. The molecule has 2 aromatic carbocycles. The van der Waals surface area contributed by atoms with Gasteiger partial charge in [-0.3, -0.25) is 4.79 Å². The van der Waals surface area contributed by atoms with Gasteiger partial charge in [0.25, 0.3) is 5.91 Å². The lowest BCUT2D eigenvalue weighted by Crippen LogP contribution is -2.31. The summed E-state index contributed by atoms with van der Waals surface area (Å²) < 4.78 is 23.8. The third kappa shape index (κ3) is 4.26. The summed E-state index contributed by atoms with van der Waals surface area (Å²) in [4.78, 5) is 24.9. The van der Waals surface area contributed by atoms with E-state index >= 15 is 0 Å². The number of carbonyl (C=O) groups is 2. The molecule has 4 rings (SSSR count). The second kappa shape index (κ2) is 8.51. The number of nitrogens with zero attached hydrogens (tertiary/aromatic N) is 2. The van der Waals surface area contributed by atoms with Crippen molar-refractivity contribution in [2.24, 2.45) is 5.10 Å². The number of rotatable bonds is 5. The van der Waals surface area contributed by atoms with Gasteiger partial charge in [-0.25, -0.2) is 14.2 Å². The van der Waals surface area contributed by atoms with Crippen LogP contribution in [0.4, 0.5) is 4.39 Å². The molecule has 0 bridgehead atoms. The SMILES string of the molecule is O=C(OCC(=O)N1N=C(c2ccc(Cl)cc2)CC1c1ccco1)c1cccc(F)c1. The van der Waals surface area contributed by atoms with Crippen LogP contribution in [0.2, 0.25) is 5.02 Å². The minimum absolute atomic E-state index is 0.0251. The Bertz CT molecular complexity index is 1100. The number of furan rings is 1. The lowest BCUT2D eigenvalue weighted by Gasteiger charge is -2.19. The van der Waals surface area contributed by atoms with E-state index in [1.807, 2.05) is 12.1 Å². The van der Waals surface area contributed by atoms with Crippen LogP contribution in [-0.2, 0) is 9.53 Å². The molecule has 0 aliphatic carbocycles. The number of esters is 1. The maximum atomic E-state index is 13.3. The maximum absolute atomic E-state index is 13.3. The van der Waals surface area contributed by atoms with Crippen molar-refractivity contribution in [3.8, 4) is 0 Å². The van der Waals surface area contributed by atoms with E-state index in [9.17, 15) is 14.0 Å².